The number of H-pyrrole nitrogens is 1. The maximum absolute atomic E-state index is 13.4. The number of halogens is 3. The highest BCUT2D eigenvalue weighted by Gasteiger charge is 2.35. The Kier molecular flexibility index (Phi) is 4.94. The third kappa shape index (κ3) is 4.09. The second-order valence-corrected chi connectivity index (χ2v) is 6.37. The van der Waals surface area contributed by atoms with Gasteiger partial charge in [-0.2, -0.15) is 13.2 Å². The molecule has 0 radical (unpaired) electrons. The highest BCUT2D eigenvalue weighted by molar-refractivity contribution is 7.71. The van der Waals surface area contributed by atoms with Crippen molar-refractivity contribution >= 4 is 23.8 Å². The summed E-state index contributed by atoms with van der Waals surface area (Å²) in [5, 5.41) is 8.53. The fraction of sp³-hybridized carbons (Fsp3) is 0.438. The Morgan fingerprint density at radius 1 is 1.28 bits per heavy atom. The number of hydrogen-bond donors (Lipinski definition) is 2. The zero-order valence-electron chi connectivity index (χ0n) is 13.2. The van der Waals surface area contributed by atoms with Gasteiger partial charge in [0.25, 0.3) is 4.84 Å². The second kappa shape index (κ2) is 6.99. The Labute approximate surface area is 146 Å². The van der Waals surface area contributed by atoms with Crippen molar-refractivity contribution in [1.82, 2.24) is 10.2 Å². The van der Waals surface area contributed by atoms with Crippen molar-refractivity contribution in [2.75, 3.05) is 5.32 Å². The normalized spacial score (nSPS) is 16.0. The molecule has 1 aromatic heterocycles. The molecular weight excluding hydrogens is 355 g/mol. The summed E-state index contributed by atoms with van der Waals surface area (Å²) in [5.41, 5.74) is -1.09. The molecule has 1 aliphatic carbocycles. The first kappa shape index (κ1) is 17.7. The van der Waals surface area contributed by atoms with Crippen LogP contribution in [0.25, 0.3) is 11.5 Å². The van der Waals surface area contributed by atoms with Crippen LogP contribution in [-0.2, 0) is 11.0 Å². The first-order valence-electron chi connectivity index (χ1n) is 7.92. The van der Waals surface area contributed by atoms with Crippen LogP contribution >= 0.6 is 12.2 Å². The number of carbonyl (C=O) groups excluding carboxylic acids is 1. The minimum Gasteiger partial charge on any atom is -0.409 e. The first-order chi connectivity index (χ1) is 11.8. The van der Waals surface area contributed by atoms with E-state index in [1.54, 1.807) is 0 Å². The molecule has 1 aliphatic rings. The number of rotatable bonds is 3. The number of alkyl halides is 3. The Balaban J connectivity index is 1.89. The van der Waals surface area contributed by atoms with Gasteiger partial charge in [0.2, 0.25) is 11.8 Å². The fourth-order valence-corrected chi connectivity index (χ4v) is 3.12. The van der Waals surface area contributed by atoms with Crippen molar-refractivity contribution in [2.45, 2.75) is 38.3 Å². The predicted octanol–water partition coefficient (Wildman–Crippen LogP) is 4.94. The Bertz CT molecular complexity index is 823. The van der Waals surface area contributed by atoms with Gasteiger partial charge in [-0.15, -0.1) is 5.10 Å². The summed E-state index contributed by atoms with van der Waals surface area (Å²) in [6.07, 6.45) is -0.0664. The van der Waals surface area contributed by atoms with Crippen molar-refractivity contribution in [3.05, 3.63) is 28.6 Å². The Hall–Kier alpha value is -2.16. The molecule has 2 aromatic rings. The molecule has 1 amide bonds. The van der Waals surface area contributed by atoms with Gasteiger partial charge >= 0.3 is 6.18 Å². The lowest BCUT2D eigenvalue weighted by molar-refractivity contribution is -0.137. The first-order valence-corrected chi connectivity index (χ1v) is 8.33. The summed E-state index contributed by atoms with van der Waals surface area (Å²) >= 11 is 4.70. The van der Waals surface area contributed by atoms with Crippen LogP contribution in [0.2, 0.25) is 0 Å². The molecule has 0 spiro atoms. The summed E-state index contributed by atoms with van der Waals surface area (Å²) in [6, 6.07) is 3.51. The molecule has 0 bridgehead atoms. The molecule has 0 saturated heterocycles. The number of hydrogen-bond acceptors (Lipinski definition) is 4. The molecule has 25 heavy (non-hydrogen) atoms. The van der Waals surface area contributed by atoms with E-state index in [-0.39, 0.29) is 33.8 Å². The molecule has 2 N–H and O–H groups in total. The van der Waals surface area contributed by atoms with Crippen molar-refractivity contribution in [1.29, 1.82) is 0 Å². The summed E-state index contributed by atoms with van der Waals surface area (Å²) in [6.45, 7) is 0. The van der Waals surface area contributed by atoms with E-state index in [0.717, 1.165) is 38.2 Å². The number of anilines is 1. The van der Waals surface area contributed by atoms with Gasteiger partial charge in [0.15, 0.2) is 0 Å². The van der Waals surface area contributed by atoms with E-state index in [2.05, 4.69) is 15.5 Å². The number of benzene rings is 1. The number of amides is 1. The van der Waals surface area contributed by atoms with Crippen molar-refractivity contribution in [2.24, 2.45) is 5.92 Å². The minimum atomic E-state index is -4.63. The SMILES string of the molecule is O=C(Nc1ccc(-c2n[nH]c(=S)o2)c(C(F)(F)F)c1)C1CCCCC1. The molecule has 1 aromatic carbocycles. The largest absolute Gasteiger partial charge is 0.417 e. The number of aromatic nitrogens is 2. The monoisotopic (exact) mass is 371 g/mol. The third-order valence-electron chi connectivity index (χ3n) is 4.24. The second-order valence-electron chi connectivity index (χ2n) is 6.00. The van der Waals surface area contributed by atoms with Gasteiger partial charge in [-0.3, -0.25) is 4.79 Å². The van der Waals surface area contributed by atoms with Gasteiger partial charge in [-0.25, -0.2) is 5.10 Å². The molecular formula is C16H16F3N3O2S. The summed E-state index contributed by atoms with van der Waals surface area (Å²) < 4.78 is 45.2. The molecule has 9 heteroatoms. The van der Waals surface area contributed by atoms with E-state index in [9.17, 15) is 18.0 Å². The standard InChI is InChI=1S/C16H16F3N3O2S/c17-16(18,19)12-8-10(20-13(23)9-4-2-1-3-5-9)6-7-11(12)14-21-22-15(25)24-14/h6-9H,1-5H2,(H,20,23)(H,22,25). The van der Waals surface area contributed by atoms with E-state index in [0.29, 0.717) is 0 Å². The molecule has 0 atom stereocenters. The maximum Gasteiger partial charge on any atom is 0.417 e. The average Bonchev–Trinajstić information content (AvgIpc) is 3.01. The Morgan fingerprint density at radius 2 is 2.00 bits per heavy atom. The van der Waals surface area contributed by atoms with Gasteiger partial charge < -0.3 is 9.73 Å². The van der Waals surface area contributed by atoms with Gasteiger partial charge in [0.1, 0.15) is 0 Å². The minimum absolute atomic E-state index is 0.0979. The van der Waals surface area contributed by atoms with Gasteiger partial charge in [-0.1, -0.05) is 19.3 Å². The molecule has 3 rings (SSSR count). The quantitative estimate of drug-likeness (QED) is 0.750. The number of nitrogens with one attached hydrogen (secondary N) is 2. The lowest BCUT2D eigenvalue weighted by Gasteiger charge is -2.21. The predicted molar refractivity (Wildman–Crippen MR) is 87.3 cm³/mol. The molecule has 0 unspecified atom stereocenters. The van der Waals surface area contributed by atoms with Crippen LogP contribution < -0.4 is 5.32 Å². The van der Waals surface area contributed by atoms with Crippen molar-refractivity contribution in [3.8, 4) is 11.5 Å². The molecule has 1 saturated carbocycles. The maximum atomic E-state index is 13.4. The highest BCUT2D eigenvalue weighted by Crippen LogP contribution is 2.38. The molecule has 5 nitrogen and oxygen atoms in total. The lowest BCUT2D eigenvalue weighted by atomic mass is 9.88. The summed E-state index contributed by atoms with van der Waals surface area (Å²) in [4.78, 5) is 12.1. The average molecular weight is 371 g/mol. The topological polar surface area (TPSA) is 70.9 Å². The molecule has 0 aliphatic heterocycles. The van der Waals surface area contributed by atoms with Crippen LogP contribution in [0.5, 0.6) is 0 Å². The van der Waals surface area contributed by atoms with Crippen LogP contribution in [0.3, 0.4) is 0 Å². The van der Waals surface area contributed by atoms with Gasteiger partial charge in [0, 0.05) is 11.6 Å². The van der Waals surface area contributed by atoms with E-state index in [1.165, 1.54) is 12.1 Å². The number of aromatic amines is 1. The molecule has 134 valence electrons. The smallest absolute Gasteiger partial charge is 0.409 e. The lowest BCUT2D eigenvalue weighted by Crippen LogP contribution is -2.25. The Morgan fingerprint density at radius 3 is 2.60 bits per heavy atom. The van der Waals surface area contributed by atoms with Crippen LogP contribution in [0, 0.1) is 10.8 Å². The van der Waals surface area contributed by atoms with Crippen LogP contribution in [0.1, 0.15) is 37.7 Å². The van der Waals surface area contributed by atoms with E-state index < -0.39 is 11.7 Å². The van der Waals surface area contributed by atoms with Crippen LogP contribution in [0.4, 0.5) is 18.9 Å². The zero-order chi connectivity index (χ0) is 18.0. The number of carbonyl (C=O) groups is 1. The number of nitrogens with zero attached hydrogens (tertiary/aromatic N) is 1. The van der Waals surface area contributed by atoms with Gasteiger partial charge in [-0.05, 0) is 43.3 Å². The van der Waals surface area contributed by atoms with Gasteiger partial charge in [0.05, 0.1) is 11.1 Å². The third-order valence-corrected chi connectivity index (χ3v) is 4.41. The summed E-state index contributed by atoms with van der Waals surface area (Å²) in [7, 11) is 0. The van der Waals surface area contributed by atoms with Crippen molar-refractivity contribution in [3.63, 3.8) is 0 Å². The van der Waals surface area contributed by atoms with E-state index in [4.69, 9.17) is 16.6 Å². The van der Waals surface area contributed by atoms with E-state index in [1.807, 2.05) is 0 Å². The van der Waals surface area contributed by atoms with Crippen LogP contribution in [0.15, 0.2) is 22.6 Å². The highest BCUT2D eigenvalue weighted by atomic mass is 32.1. The fourth-order valence-electron chi connectivity index (χ4n) is 3.00. The zero-order valence-corrected chi connectivity index (χ0v) is 14.0. The molecule has 1 heterocycles. The van der Waals surface area contributed by atoms with Crippen LogP contribution in [-0.4, -0.2) is 16.1 Å². The molecule has 1 fully saturated rings. The van der Waals surface area contributed by atoms with E-state index >= 15 is 0 Å². The van der Waals surface area contributed by atoms with Crippen molar-refractivity contribution < 1.29 is 22.4 Å². The summed E-state index contributed by atoms with van der Waals surface area (Å²) in [5.74, 6) is -0.632.